The maximum Gasteiger partial charge on any atom is 0.256 e. The maximum absolute atomic E-state index is 13.2. The molecule has 3 aromatic rings. The highest BCUT2D eigenvalue weighted by Crippen LogP contribution is 2.27. The van der Waals surface area contributed by atoms with Crippen LogP contribution in [-0.2, 0) is 23.1 Å². The Hall–Kier alpha value is -2.59. The van der Waals surface area contributed by atoms with Crippen LogP contribution < -0.4 is 4.90 Å². The van der Waals surface area contributed by atoms with Crippen molar-refractivity contribution in [1.29, 1.82) is 0 Å². The van der Waals surface area contributed by atoms with Gasteiger partial charge in [0, 0.05) is 30.6 Å². The third-order valence-corrected chi connectivity index (χ3v) is 5.25. The van der Waals surface area contributed by atoms with Gasteiger partial charge in [-0.3, -0.25) is 4.79 Å². The molecule has 0 saturated carbocycles. The van der Waals surface area contributed by atoms with Gasteiger partial charge in [-0.25, -0.2) is 0 Å². The van der Waals surface area contributed by atoms with Crippen LogP contribution in [0.4, 0.5) is 5.69 Å². The predicted octanol–water partition coefficient (Wildman–Crippen LogP) is 4.20. The lowest BCUT2D eigenvalue weighted by Crippen LogP contribution is -2.39. The minimum Gasteiger partial charge on any atom is -0.368 e. The summed E-state index contributed by atoms with van der Waals surface area (Å²) in [6, 6.07) is 18.5. The van der Waals surface area contributed by atoms with E-state index in [0.717, 1.165) is 29.8 Å². The zero-order valence-corrected chi connectivity index (χ0v) is 15.3. The summed E-state index contributed by atoms with van der Waals surface area (Å²) in [6.45, 7) is 3.26. The molecule has 0 spiro atoms. The molecular weight excluding hydrogens is 324 g/mol. The van der Waals surface area contributed by atoms with Crippen LogP contribution in [0, 0.1) is 6.92 Å². The largest absolute Gasteiger partial charge is 0.368 e. The third kappa shape index (κ3) is 3.01. The van der Waals surface area contributed by atoms with Crippen molar-refractivity contribution in [2.75, 3.05) is 11.5 Å². The van der Waals surface area contributed by atoms with Gasteiger partial charge in [-0.15, -0.1) is 0 Å². The molecule has 1 aromatic heterocycles. The van der Waals surface area contributed by atoms with Crippen LogP contribution >= 0.6 is 0 Å². The normalized spacial score (nSPS) is 16.9. The van der Waals surface area contributed by atoms with Gasteiger partial charge >= 0.3 is 0 Å². The van der Waals surface area contributed by atoms with E-state index in [1.165, 1.54) is 10.9 Å². The Balaban J connectivity index is 1.73. The van der Waals surface area contributed by atoms with Crippen molar-refractivity contribution < 1.29 is 9.53 Å². The molecule has 1 unspecified atom stereocenters. The fraction of sp³-hybridized carbons (Fsp3) is 0.318. The summed E-state index contributed by atoms with van der Waals surface area (Å²) in [5, 5.41) is 1.19. The van der Waals surface area contributed by atoms with E-state index >= 15 is 0 Å². The molecule has 1 aliphatic rings. The number of nitrogens with zero attached hydrogens (tertiary/aromatic N) is 2. The Morgan fingerprint density at radius 3 is 2.69 bits per heavy atom. The number of rotatable bonds is 4. The second-order valence-corrected chi connectivity index (χ2v) is 6.97. The van der Waals surface area contributed by atoms with E-state index in [2.05, 4.69) is 29.8 Å². The summed E-state index contributed by atoms with van der Waals surface area (Å²) in [4.78, 5) is 15.1. The summed E-state index contributed by atoms with van der Waals surface area (Å²) in [7, 11) is 2.06. The van der Waals surface area contributed by atoms with Crippen LogP contribution in [0.25, 0.3) is 10.9 Å². The quantitative estimate of drug-likeness (QED) is 0.708. The predicted molar refractivity (Wildman–Crippen MR) is 104 cm³/mol. The molecule has 1 fully saturated rings. The van der Waals surface area contributed by atoms with Gasteiger partial charge in [0.1, 0.15) is 6.10 Å². The molecule has 4 heteroatoms. The van der Waals surface area contributed by atoms with Gasteiger partial charge < -0.3 is 14.2 Å². The molecule has 0 N–H and O–H groups in total. The third-order valence-electron chi connectivity index (χ3n) is 5.25. The van der Waals surface area contributed by atoms with Crippen LogP contribution in [0.2, 0.25) is 0 Å². The Bertz CT molecular complexity index is 938. The first-order chi connectivity index (χ1) is 12.6. The number of anilines is 1. The Labute approximate surface area is 154 Å². The molecule has 134 valence electrons. The smallest absolute Gasteiger partial charge is 0.256 e. The second-order valence-electron chi connectivity index (χ2n) is 6.97. The molecule has 1 saturated heterocycles. The molecule has 4 rings (SSSR count). The van der Waals surface area contributed by atoms with E-state index in [9.17, 15) is 4.79 Å². The lowest BCUT2D eigenvalue weighted by molar-refractivity contribution is -0.127. The number of carbonyl (C=O) groups excluding carboxylic acids is 1. The molecule has 4 nitrogen and oxygen atoms in total. The number of hydrogen-bond donors (Lipinski definition) is 0. The zero-order chi connectivity index (χ0) is 18.1. The van der Waals surface area contributed by atoms with Gasteiger partial charge in [-0.1, -0.05) is 36.4 Å². The first-order valence-corrected chi connectivity index (χ1v) is 9.17. The number of para-hydroxylation sites is 2. The molecule has 2 heterocycles. The van der Waals surface area contributed by atoms with Crippen molar-refractivity contribution >= 4 is 22.5 Å². The molecule has 0 radical (unpaired) electrons. The molecule has 1 aliphatic heterocycles. The Kier molecular flexibility index (Phi) is 4.51. The van der Waals surface area contributed by atoms with Crippen LogP contribution in [0.1, 0.15) is 24.1 Å². The number of ether oxygens (including phenoxy) is 1. The number of amides is 1. The van der Waals surface area contributed by atoms with Crippen LogP contribution in [0.5, 0.6) is 0 Å². The molecule has 0 bridgehead atoms. The summed E-state index contributed by atoms with van der Waals surface area (Å²) in [5.41, 5.74) is 4.34. The number of aromatic nitrogens is 1. The van der Waals surface area contributed by atoms with Gasteiger partial charge in [-0.2, -0.15) is 0 Å². The number of fused-ring (bicyclic) bond motifs is 1. The first-order valence-electron chi connectivity index (χ1n) is 9.17. The standard InChI is InChI=1S/C22H24N2O2/c1-16-8-3-5-10-19(16)24(22(25)21-12-7-13-26-21)15-18-14-17-9-4-6-11-20(17)23(18)2/h3-6,8-11,14,21H,7,12-13,15H2,1-2H3. The van der Waals surface area contributed by atoms with Gasteiger partial charge in [0.25, 0.3) is 5.91 Å². The monoisotopic (exact) mass is 348 g/mol. The average molecular weight is 348 g/mol. The number of benzene rings is 2. The summed E-state index contributed by atoms with van der Waals surface area (Å²) in [6.07, 6.45) is 1.42. The average Bonchev–Trinajstić information content (AvgIpc) is 3.29. The summed E-state index contributed by atoms with van der Waals surface area (Å²) in [5.74, 6) is 0.0575. The SMILES string of the molecule is Cc1ccccc1N(Cc1cc2ccccc2n1C)C(=O)C1CCCO1. The van der Waals surface area contributed by atoms with E-state index < -0.39 is 0 Å². The maximum atomic E-state index is 13.2. The highest BCUT2D eigenvalue weighted by Gasteiger charge is 2.30. The number of carbonyl (C=O) groups is 1. The van der Waals surface area contributed by atoms with Crippen LogP contribution in [0.3, 0.4) is 0 Å². The van der Waals surface area contributed by atoms with E-state index in [4.69, 9.17) is 4.74 Å². The lowest BCUT2D eigenvalue weighted by Gasteiger charge is -2.27. The van der Waals surface area contributed by atoms with Crippen molar-refractivity contribution in [2.24, 2.45) is 7.05 Å². The Morgan fingerprint density at radius 2 is 1.96 bits per heavy atom. The Morgan fingerprint density at radius 1 is 1.19 bits per heavy atom. The van der Waals surface area contributed by atoms with Crippen LogP contribution in [-0.4, -0.2) is 23.2 Å². The highest BCUT2D eigenvalue weighted by atomic mass is 16.5. The van der Waals surface area contributed by atoms with Gasteiger partial charge in [-0.05, 0) is 48.9 Å². The number of hydrogen-bond acceptors (Lipinski definition) is 2. The van der Waals surface area contributed by atoms with Crippen molar-refractivity contribution in [3.8, 4) is 0 Å². The fourth-order valence-electron chi connectivity index (χ4n) is 3.75. The van der Waals surface area contributed by atoms with Crippen molar-refractivity contribution in [1.82, 2.24) is 4.57 Å². The van der Waals surface area contributed by atoms with E-state index in [1.807, 2.05) is 48.2 Å². The molecule has 2 aromatic carbocycles. The molecule has 1 atom stereocenters. The minimum absolute atomic E-state index is 0.0575. The zero-order valence-electron chi connectivity index (χ0n) is 15.3. The topological polar surface area (TPSA) is 34.5 Å². The minimum atomic E-state index is -0.329. The van der Waals surface area contributed by atoms with Gasteiger partial charge in [0.2, 0.25) is 0 Å². The van der Waals surface area contributed by atoms with Crippen molar-refractivity contribution in [3.05, 3.63) is 65.9 Å². The van der Waals surface area contributed by atoms with E-state index in [0.29, 0.717) is 13.2 Å². The molecule has 0 aliphatic carbocycles. The lowest BCUT2D eigenvalue weighted by atomic mass is 10.1. The van der Waals surface area contributed by atoms with E-state index in [-0.39, 0.29) is 12.0 Å². The summed E-state index contributed by atoms with van der Waals surface area (Å²) < 4.78 is 7.86. The molecule has 1 amide bonds. The highest BCUT2D eigenvalue weighted by molar-refractivity contribution is 5.97. The fourth-order valence-corrected chi connectivity index (χ4v) is 3.75. The molecular formula is C22H24N2O2. The number of aryl methyl sites for hydroxylation is 2. The van der Waals surface area contributed by atoms with E-state index in [1.54, 1.807) is 0 Å². The summed E-state index contributed by atoms with van der Waals surface area (Å²) >= 11 is 0. The van der Waals surface area contributed by atoms with Gasteiger partial charge in [0.05, 0.1) is 6.54 Å². The van der Waals surface area contributed by atoms with Gasteiger partial charge in [0.15, 0.2) is 0 Å². The van der Waals surface area contributed by atoms with Crippen molar-refractivity contribution in [3.63, 3.8) is 0 Å². The van der Waals surface area contributed by atoms with Crippen LogP contribution in [0.15, 0.2) is 54.6 Å². The first kappa shape index (κ1) is 16.9. The second kappa shape index (κ2) is 6.96. The molecule has 26 heavy (non-hydrogen) atoms. The van der Waals surface area contributed by atoms with Crippen molar-refractivity contribution in [2.45, 2.75) is 32.4 Å².